The van der Waals surface area contributed by atoms with E-state index in [1.165, 1.54) is 5.56 Å². The second-order valence-electron chi connectivity index (χ2n) is 7.88. The van der Waals surface area contributed by atoms with Crippen molar-refractivity contribution in [2.75, 3.05) is 20.3 Å². The number of aromatic nitrogens is 1. The van der Waals surface area contributed by atoms with E-state index in [0.29, 0.717) is 31.9 Å². The van der Waals surface area contributed by atoms with Gasteiger partial charge >= 0.3 is 0 Å². The molecule has 1 aromatic carbocycles. The zero-order valence-corrected chi connectivity index (χ0v) is 18.4. The topological polar surface area (TPSA) is 63.6 Å². The molecule has 0 spiro atoms. The highest BCUT2D eigenvalue weighted by atomic mass is 32.1. The molecule has 0 radical (unpaired) electrons. The van der Waals surface area contributed by atoms with Crippen molar-refractivity contribution in [3.05, 3.63) is 58.6 Å². The van der Waals surface area contributed by atoms with E-state index in [9.17, 15) is 9.59 Å². The summed E-state index contributed by atoms with van der Waals surface area (Å²) in [5.74, 6) is -0.282. The van der Waals surface area contributed by atoms with Crippen molar-refractivity contribution in [1.82, 2.24) is 14.8 Å². The Hall–Kier alpha value is -2.64. The van der Waals surface area contributed by atoms with Crippen LogP contribution in [0.2, 0.25) is 0 Å². The number of benzene rings is 1. The molecule has 0 unspecified atom stereocenters. The van der Waals surface area contributed by atoms with Gasteiger partial charge in [-0.2, -0.15) is 0 Å². The zero-order chi connectivity index (χ0) is 21.3. The van der Waals surface area contributed by atoms with E-state index < -0.39 is 5.54 Å². The van der Waals surface area contributed by atoms with Gasteiger partial charge in [-0.1, -0.05) is 31.2 Å². The minimum Gasteiger partial charge on any atom is -0.383 e. The van der Waals surface area contributed by atoms with Crippen molar-refractivity contribution in [3.8, 4) is 0 Å². The molecular formula is C23H27N3O3S. The van der Waals surface area contributed by atoms with Crippen LogP contribution in [0.4, 0.5) is 0 Å². The van der Waals surface area contributed by atoms with Gasteiger partial charge < -0.3 is 19.5 Å². The number of methoxy groups -OCH3 is 1. The zero-order valence-electron chi connectivity index (χ0n) is 17.6. The van der Waals surface area contributed by atoms with Crippen LogP contribution in [0.15, 0.2) is 41.8 Å². The van der Waals surface area contributed by atoms with E-state index in [1.807, 2.05) is 41.1 Å². The van der Waals surface area contributed by atoms with E-state index >= 15 is 0 Å². The lowest BCUT2D eigenvalue weighted by atomic mass is 9.93. The van der Waals surface area contributed by atoms with Crippen LogP contribution >= 0.6 is 11.3 Å². The predicted molar refractivity (Wildman–Crippen MR) is 119 cm³/mol. The summed E-state index contributed by atoms with van der Waals surface area (Å²) in [4.78, 5) is 29.6. The fourth-order valence-electron chi connectivity index (χ4n) is 4.03. The van der Waals surface area contributed by atoms with E-state index in [2.05, 4.69) is 24.4 Å². The standard InChI is InChI=1S/C23H27N3O3S/c1-4-16-5-7-17(8-6-16)14-26-20(27)19-13-18-9-12-30-21(18)25(19)15-23(26,2)22(28)24-10-11-29-3/h5-9,12-13H,4,10-11,14-15H2,1-3H3,(H,24,28)/t23-/m1/s1. The maximum absolute atomic E-state index is 13.6. The van der Waals surface area contributed by atoms with Crippen LogP contribution < -0.4 is 5.32 Å². The minimum absolute atomic E-state index is 0.117. The SMILES string of the molecule is CCc1ccc(CN2C(=O)c3cc4ccsc4n3C[C@]2(C)C(=O)NCCOC)cc1. The van der Waals surface area contributed by atoms with E-state index in [-0.39, 0.29) is 11.8 Å². The first-order chi connectivity index (χ1) is 14.5. The van der Waals surface area contributed by atoms with Crippen LogP contribution in [0.3, 0.4) is 0 Å². The van der Waals surface area contributed by atoms with E-state index in [4.69, 9.17) is 4.74 Å². The lowest BCUT2D eigenvalue weighted by Gasteiger charge is -2.44. The molecule has 158 valence electrons. The fraction of sp³-hybridized carbons (Fsp3) is 0.391. The number of nitrogens with zero attached hydrogens (tertiary/aromatic N) is 2. The van der Waals surface area contributed by atoms with Gasteiger partial charge in [0.05, 0.1) is 13.2 Å². The molecular weight excluding hydrogens is 398 g/mol. The smallest absolute Gasteiger partial charge is 0.271 e. The molecule has 0 bridgehead atoms. The number of hydrogen-bond donors (Lipinski definition) is 1. The third kappa shape index (κ3) is 3.52. The monoisotopic (exact) mass is 425 g/mol. The number of nitrogens with one attached hydrogen (secondary N) is 1. The molecule has 7 heteroatoms. The normalized spacial score (nSPS) is 18.6. The van der Waals surface area contributed by atoms with Crippen molar-refractivity contribution < 1.29 is 14.3 Å². The van der Waals surface area contributed by atoms with Gasteiger partial charge in [0.2, 0.25) is 5.91 Å². The van der Waals surface area contributed by atoms with Crippen molar-refractivity contribution in [3.63, 3.8) is 0 Å². The summed E-state index contributed by atoms with van der Waals surface area (Å²) in [7, 11) is 1.60. The van der Waals surface area contributed by atoms with Gasteiger partial charge in [0.25, 0.3) is 5.91 Å². The molecule has 1 N–H and O–H groups in total. The largest absolute Gasteiger partial charge is 0.383 e. The average molecular weight is 426 g/mol. The highest BCUT2D eigenvalue weighted by molar-refractivity contribution is 7.16. The summed E-state index contributed by atoms with van der Waals surface area (Å²) < 4.78 is 7.07. The lowest BCUT2D eigenvalue weighted by molar-refractivity contribution is -0.133. The van der Waals surface area contributed by atoms with Crippen LogP contribution in [0.5, 0.6) is 0 Å². The van der Waals surface area contributed by atoms with E-state index in [1.54, 1.807) is 23.3 Å². The van der Waals surface area contributed by atoms with Crippen LogP contribution in [0.1, 0.15) is 35.5 Å². The van der Waals surface area contributed by atoms with Gasteiger partial charge in [0.15, 0.2) is 0 Å². The molecule has 30 heavy (non-hydrogen) atoms. The second kappa shape index (κ2) is 8.24. The lowest BCUT2D eigenvalue weighted by Crippen LogP contribution is -2.63. The Labute approximate surface area is 180 Å². The fourth-order valence-corrected chi connectivity index (χ4v) is 4.92. The molecule has 0 saturated heterocycles. The summed E-state index contributed by atoms with van der Waals surface area (Å²) in [6, 6.07) is 12.2. The Morgan fingerprint density at radius 2 is 1.97 bits per heavy atom. The van der Waals surface area contributed by atoms with Gasteiger partial charge in [-0.05, 0) is 42.0 Å². The summed E-state index contributed by atoms with van der Waals surface area (Å²) >= 11 is 1.59. The molecule has 2 aromatic heterocycles. The van der Waals surface area contributed by atoms with Gasteiger partial charge in [0, 0.05) is 25.6 Å². The maximum Gasteiger partial charge on any atom is 0.271 e. The van der Waals surface area contributed by atoms with Crippen LogP contribution in [0.25, 0.3) is 10.2 Å². The highest BCUT2D eigenvalue weighted by Gasteiger charge is 2.47. The van der Waals surface area contributed by atoms with Crippen molar-refractivity contribution >= 4 is 33.4 Å². The number of amides is 2. The molecule has 1 aliphatic rings. The number of rotatable bonds is 7. The number of ether oxygens (including phenoxy) is 1. The first-order valence-electron chi connectivity index (χ1n) is 10.2. The summed E-state index contributed by atoms with van der Waals surface area (Å²) in [6.07, 6.45) is 0.965. The van der Waals surface area contributed by atoms with E-state index in [0.717, 1.165) is 22.2 Å². The molecule has 0 fully saturated rings. The van der Waals surface area contributed by atoms with Crippen molar-refractivity contribution in [2.24, 2.45) is 0 Å². The van der Waals surface area contributed by atoms with Crippen molar-refractivity contribution in [2.45, 2.75) is 38.9 Å². The molecule has 6 nitrogen and oxygen atoms in total. The molecule has 1 atom stereocenters. The molecule has 3 aromatic rings. The quantitative estimate of drug-likeness (QED) is 0.590. The molecule has 0 aliphatic carbocycles. The number of carbonyl (C=O) groups excluding carboxylic acids is 2. The third-order valence-electron chi connectivity index (χ3n) is 5.88. The Balaban J connectivity index is 1.71. The number of carbonyl (C=O) groups is 2. The first-order valence-corrected chi connectivity index (χ1v) is 11.1. The molecule has 4 rings (SSSR count). The van der Waals surface area contributed by atoms with Gasteiger partial charge in [-0.25, -0.2) is 0 Å². The molecule has 3 heterocycles. The maximum atomic E-state index is 13.6. The van der Waals surface area contributed by atoms with Gasteiger partial charge in [-0.3, -0.25) is 9.59 Å². The Kier molecular flexibility index (Phi) is 5.66. The number of thiophene rings is 1. The third-order valence-corrected chi connectivity index (χ3v) is 6.83. The van der Waals surface area contributed by atoms with Crippen LogP contribution in [-0.4, -0.2) is 47.1 Å². The summed E-state index contributed by atoms with van der Waals surface area (Å²) in [5.41, 5.74) is 1.90. The molecule has 0 saturated carbocycles. The highest BCUT2D eigenvalue weighted by Crippen LogP contribution is 2.35. The number of fused-ring (bicyclic) bond motifs is 3. The Morgan fingerprint density at radius 1 is 1.23 bits per heavy atom. The Bertz CT molecular complexity index is 1070. The van der Waals surface area contributed by atoms with Gasteiger partial charge in [-0.15, -0.1) is 11.3 Å². The van der Waals surface area contributed by atoms with Crippen LogP contribution in [0, 0.1) is 0 Å². The predicted octanol–water partition coefficient (Wildman–Crippen LogP) is 3.44. The first kappa shape index (κ1) is 20.6. The number of hydrogen-bond acceptors (Lipinski definition) is 4. The minimum atomic E-state index is -1.00. The Morgan fingerprint density at radius 3 is 2.67 bits per heavy atom. The average Bonchev–Trinajstić information content (AvgIpc) is 3.34. The molecule has 2 amide bonds. The van der Waals surface area contributed by atoms with Gasteiger partial charge in [0.1, 0.15) is 16.1 Å². The van der Waals surface area contributed by atoms with Crippen LogP contribution in [-0.2, 0) is 29.0 Å². The number of aryl methyl sites for hydroxylation is 1. The molecule has 1 aliphatic heterocycles. The van der Waals surface area contributed by atoms with Crippen molar-refractivity contribution in [1.29, 1.82) is 0 Å². The second-order valence-corrected chi connectivity index (χ2v) is 8.78. The summed E-state index contributed by atoms with van der Waals surface area (Å²) in [5, 5.41) is 6.00. The summed E-state index contributed by atoms with van der Waals surface area (Å²) in [6.45, 7) is 5.61.